The highest BCUT2D eigenvalue weighted by molar-refractivity contribution is 5.02. The molecule has 0 amide bonds. The molecule has 0 aromatic carbocycles. The van der Waals surface area contributed by atoms with Gasteiger partial charge in [0, 0.05) is 6.54 Å². The van der Waals surface area contributed by atoms with E-state index >= 15 is 0 Å². The van der Waals surface area contributed by atoms with Gasteiger partial charge in [-0.2, -0.15) is 0 Å². The molecule has 5 unspecified atom stereocenters. The molecule has 2 heteroatoms. The molecule has 98 valence electrons. The van der Waals surface area contributed by atoms with E-state index in [-0.39, 0.29) is 0 Å². The minimum absolute atomic E-state index is 0.505. The molecule has 1 N–H and O–H groups in total. The van der Waals surface area contributed by atoms with E-state index in [0.717, 1.165) is 11.8 Å². The molecule has 0 aromatic heterocycles. The molecule has 1 aliphatic heterocycles. The van der Waals surface area contributed by atoms with Crippen LogP contribution in [0.4, 0.5) is 0 Å². The first-order valence-corrected chi connectivity index (χ1v) is 7.52. The van der Waals surface area contributed by atoms with Gasteiger partial charge in [-0.25, -0.2) is 0 Å². The van der Waals surface area contributed by atoms with Gasteiger partial charge in [0.15, 0.2) is 0 Å². The molecule has 3 fully saturated rings. The first-order chi connectivity index (χ1) is 8.22. The van der Waals surface area contributed by atoms with Crippen LogP contribution in [0.15, 0.2) is 0 Å². The number of rotatable bonds is 4. The Balaban J connectivity index is 1.68. The second-order valence-corrected chi connectivity index (χ2v) is 6.82. The maximum absolute atomic E-state index is 6.07. The summed E-state index contributed by atoms with van der Waals surface area (Å²) in [5.74, 6) is 2.02. The zero-order valence-corrected chi connectivity index (χ0v) is 11.4. The Morgan fingerprint density at radius 1 is 1.24 bits per heavy atom. The van der Waals surface area contributed by atoms with Gasteiger partial charge >= 0.3 is 0 Å². The molecule has 2 saturated carbocycles. The minimum atomic E-state index is 0.505. The highest BCUT2D eigenvalue weighted by Crippen LogP contribution is 2.58. The summed E-state index contributed by atoms with van der Waals surface area (Å²) in [6.07, 6.45) is 10.9. The third-order valence-electron chi connectivity index (χ3n) is 5.59. The summed E-state index contributed by atoms with van der Waals surface area (Å²) in [5, 5.41) is 3.46. The summed E-state index contributed by atoms with van der Waals surface area (Å²) < 4.78 is 6.07. The molecule has 1 saturated heterocycles. The Morgan fingerprint density at radius 2 is 2.12 bits per heavy atom. The molecule has 2 nitrogen and oxygen atoms in total. The zero-order chi connectivity index (χ0) is 11.9. The van der Waals surface area contributed by atoms with E-state index in [4.69, 9.17) is 4.74 Å². The molecule has 5 atom stereocenters. The van der Waals surface area contributed by atoms with Crippen LogP contribution in [0.2, 0.25) is 0 Å². The van der Waals surface area contributed by atoms with Crippen molar-refractivity contribution in [2.45, 2.75) is 64.1 Å². The van der Waals surface area contributed by atoms with Gasteiger partial charge in [-0.15, -0.1) is 0 Å². The summed E-state index contributed by atoms with van der Waals surface area (Å²) in [6.45, 7) is 3.44. The molecular formula is C15H27NO. The molecule has 17 heavy (non-hydrogen) atoms. The maximum atomic E-state index is 6.07. The molecule has 1 heterocycles. The van der Waals surface area contributed by atoms with Crippen LogP contribution in [0.3, 0.4) is 0 Å². The van der Waals surface area contributed by atoms with E-state index in [9.17, 15) is 0 Å². The van der Waals surface area contributed by atoms with Gasteiger partial charge in [0.25, 0.3) is 0 Å². The van der Waals surface area contributed by atoms with Gasteiger partial charge in [-0.05, 0) is 69.7 Å². The van der Waals surface area contributed by atoms with Gasteiger partial charge in [-0.3, -0.25) is 0 Å². The van der Waals surface area contributed by atoms with Crippen molar-refractivity contribution in [2.75, 3.05) is 13.6 Å². The van der Waals surface area contributed by atoms with Gasteiger partial charge in [0.1, 0.15) is 0 Å². The quantitative estimate of drug-likeness (QED) is 0.811. The summed E-state index contributed by atoms with van der Waals surface area (Å²) >= 11 is 0. The summed E-state index contributed by atoms with van der Waals surface area (Å²) in [7, 11) is 2.12. The van der Waals surface area contributed by atoms with Gasteiger partial charge in [0.2, 0.25) is 0 Å². The van der Waals surface area contributed by atoms with E-state index < -0.39 is 0 Å². The number of fused-ring (bicyclic) bond motifs is 2. The fourth-order valence-corrected chi connectivity index (χ4v) is 4.94. The van der Waals surface area contributed by atoms with E-state index in [2.05, 4.69) is 19.3 Å². The molecule has 0 spiro atoms. The van der Waals surface area contributed by atoms with Crippen LogP contribution in [0.25, 0.3) is 0 Å². The van der Waals surface area contributed by atoms with Gasteiger partial charge < -0.3 is 10.1 Å². The van der Waals surface area contributed by atoms with E-state index in [1.807, 2.05) is 0 Å². The summed E-state index contributed by atoms with van der Waals surface area (Å²) in [6, 6.07) is 0. The van der Waals surface area contributed by atoms with Crippen molar-refractivity contribution < 1.29 is 4.74 Å². The van der Waals surface area contributed by atoms with E-state index in [1.165, 1.54) is 51.5 Å². The third-order valence-corrected chi connectivity index (χ3v) is 5.59. The van der Waals surface area contributed by atoms with Crippen LogP contribution in [0.5, 0.6) is 0 Å². The summed E-state index contributed by atoms with van der Waals surface area (Å²) in [5.41, 5.74) is 0.576. The average Bonchev–Trinajstić information content (AvgIpc) is 2.95. The minimum Gasteiger partial charge on any atom is -0.375 e. The highest BCUT2D eigenvalue weighted by atomic mass is 16.5. The molecule has 0 radical (unpaired) electrons. The predicted molar refractivity (Wildman–Crippen MR) is 70.0 cm³/mol. The highest BCUT2D eigenvalue weighted by Gasteiger charge is 2.51. The first kappa shape index (κ1) is 12.0. The van der Waals surface area contributed by atoms with Crippen LogP contribution in [-0.2, 0) is 4.74 Å². The number of hydrogen-bond acceptors (Lipinski definition) is 2. The normalized spacial score (nSPS) is 49.1. The lowest BCUT2D eigenvalue weighted by molar-refractivity contribution is 0.00510. The largest absolute Gasteiger partial charge is 0.375 e. The van der Waals surface area contributed by atoms with Crippen molar-refractivity contribution >= 4 is 0 Å². The average molecular weight is 237 g/mol. The van der Waals surface area contributed by atoms with Crippen molar-refractivity contribution in [1.29, 1.82) is 0 Å². The van der Waals surface area contributed by atoms with Crippen LogP contribution < -0.4 is 5.32 Å². The van der Waals surface area contributed by atoms with Crippen LogP contribution in [0, 0.1) is 17.3 Å². The fourth-order valence-electron chi connectivity index (χ4n) is 4.94. The fraction of sp³-hybridized carbons (Fsp3) is 1.00. The van der Waals surface area contributed by atoms with Crippen molar-refractivity contribution in [2.24, 2.45) is 17.3 Å². The zero-order valence-electron chi connectivity index (χ0n) is 11.4. The molecule has 2 bridgehead atoms. The van der Waals surface area contributed by atoms with Crippen molar-refractivity contribution in [3.63, 3.8) is 0 Å². The van der Waals surface area contributed by atoms with Crippen LogP contribution >= 0.6 is 0 Å². The smallest absolute Gasteiger partial charge is 0.0585 e. The molecule has 3 rings (SSSR count). The number of ether oxygens (including phenoxy) is 1. The Kier molecular flexibility index (Phi) is 3.20. The van der Waals surface area contributed by atoms with Crippen LogP contribution in [0.1, 0.15) is 51.9 Å². The standard InChI is InChI=1S/C15H27NO/c1-11-3-6-14(17-11)9-15(10-16-2)8-12-4-5-13(15)7-12/h11-14,16H,3-10H2,1-2H3. The lowest BCUT2D eigenvalue weighted by Gasteiger charge is -2.39. The third kappa shape index (κ3) is 2.15. The van der Waals surface area contributed by atoms with E-state index in [1.54, 1.807) is 0 Å². The second-order valence-electron chi connectivity index (χ2n) is 6.82. The van der Waals surface area contributed by atoms with Gasteiger partial charge in [-0.1, -0.05) is 6.42 Å². The monoisotopic (exact) mass is 237 g/mol. The molecular weight excluding hydrogens is 210 g/mol. The Labute approximate surface area is 105 Å². The summed E-state index contributed by atoms with van der Waals surface area (Å²) in [4.78, 5) is 0. The molecule has 2 aliphatic carbocycles. The molecule has 0 aromatic rings. The topological polar surface area (TPSA) is 21.3 Å². The molecule has 3 aliphatic rings. The number of nitrogens with one attached hydrogen (secondary N) is 1. The van der Waals surface area contributed by atoms with Crippen molar-refractivity contribution in [3.05, 3.63) is 0 Å². The Bertz CT molecular complexity index is 280. The second kappa shape index (κ2) is 4.55. The SMILES string of the molecule is CNCC1(CC2CCC(C)O2)CC2CCC1C2. The maximum Gasteiger partial charge on any atom is 0.0585 e. The van der Waals surface area contributed by atoms with Crippen molar-refractivity contribution in [1.82, 2.24) is 5.32 Å². The number of hydrogen-bond donors (Lipinski definition) is 1. The van der Waals surface area contributed by atoms with Crippen LogP contribution in [-0.4, -0.2) is 25.8 Å². The van der Waals surface area contributed by atoms with Crippen molar-refractivity contribution in [3.8, 4) is 0 Å². The predicted octanol–water partition coefficient (Wildman–Crippen LogP) is 2.97. The lowest BCUT2D eigenvalue weighted by atomic mass is 9.69. The van der Waals surface area contributed by atoms with Gasteiger partial charge in [0.05, 0.1) is 12.2 Å². The lowest BCUT2D eigenvalue weighted by Crippen LogP contribution is -2.40. The Morgan fingerprint density at radius 3 is 2.65 bits per heavy atom. The van der Waals surface area contributed by atoms with E-state index in [0.29, 0.717) is 17.6 Å². The first-order valence-electron chi connectivity index (χ1n) is 7.52. The Hall–Kier alpha value is -0.0800.